The minimum Gasteiger partial charge on any atom is -0.375 e. The highest BCUT2D eigenvalue weighted by atomic mass is 32.1. The van der Waals surface area contributed by atoms with Crippen LogP contribution in [0.3, 0.4) is 0 Å². The van der Waals surface area contributed by atoms with E-state index in [-0.39, 0.29) is 12.3 Å². The van der Waals surface area contributed by atoms with Gasteiger partial charge >= 0.3 is 0 Å². The van der Waals surface area contributed by atoms with Crippen molar-refractivity contribution in [2.24, 2.45) is 0 Å². The average Bonchev–Trinajstić information content (AvgIpc) is 2.86. The van der Waals surface area contributed by atoms with Crippen LogP contribution in [0.4, 0.5) is 10.8 Å². The maximum absolute atomic E-state index is 12.4. The van der Waals surface area contributed by atoms with Gasteiger partial charge in [-0.15, -0.1) is 11.3 Å². The molecule has 0 aliphatic heterocycles. The Morgan fingerprint density at radius 2 is 2.15 bits per heavy atom. The number of aromatic nitrogens is 1. The molecule has 2 aromatic rings. The van der Waals surface area contributed by atoms with Crippen LogP contribution in [0.15, 0.2) is 35.7 Å². The van der Waals surface area contributed by atoms with Crippen LogP contribution in [0.2, 0.25) is 0 Å². The smallest absolute Gasteiger partial charge is 0.233 e. The molecule has 0 radical (unpaired) electrons. The van der Waals surface area contributed by atoms with Gasteiger partial charge in [0.1, 0.15) is 0 Å². The second-order valence-electron chi connectivity index (χ2n) is 4.14. The van der Waals surface area contributed by atoms with Crippen molar-refractivity contribution >= 4 is 28.1 Å². The van der Waals surface area contributed by atoms with E-state index in [4.69, 9.17) is 11.0 Å². The Bertz CT molecular complexity index is 618. The number of carbonyl (C=O) groups excluding carboxylic acids is 1. The number of benzene rings is 1. The first-order valence-electron chi connectivity index (χ1n) is 6.13. The number of carbonyl (C=O) groups is 1. The molecule has 0 unspecified atom stereocenters. The van der Waals surface area contributed by atoms with Crippen molar-refractivity contribution in [1.29, 1.82) is 5.26 Å². The fourth-order valence-corrected chi connectivity index (χ4v) is 2.38. The highest BCUT2D eigenvalue weighted by Crippen LogP contribution is 2.17. The average molecular weight is 286 g/mol. The lowest BCUT2D eigenvalue weighted by Crippen LogP contribution is -2.33. The van der Waals surface area contributed by atoms with E-state index in [9.17, 15) is 4.79 Å². The second-order valence-corrected chi connectivity index (χ2v) is 5.03. The standard InChI is InChI=1S/C14H14N4OS/c15-7-4-8-18(12-5-2-1-3-6-12)13(19)9-11-10-20-14(16)17-11/h1-3,5-6,10H,4,8-9H2,(H2,16,17). The highest BCUT2D eigenvalue weighted by molar-refractivity contribution is 7.13. The summed E-state index contributed by atoms with van der Waals surface area (Å²) in [5, 5.41) is 11.0. The highest BCUT2D eigenvalue weighted by Gasteiger charge is 2.16. The summed E-state index contributed by atoms with van der Waals surface area (Å²) in [7, 11) is 0. The molecule has 2 N–H and O–H groups in total. The van der Waals surface area contributed by atoms with Crippen LogP contribution < -0.4 is 10.6 Å². The maximum atomic E-state index is 12.4. The van der Waals surface area contributed by atoms with E-state index < -0.39 is 0 Å². The maximum Gasteiger partial charge on any atom is 0.233 e. The zero-order valence-corrected chi connectivity index (χ0v) is 11.6. The molecule has 0 aliphatic carbocycles. The van der Waals surface area contributed by atoms with Crippen molar-refractivity contribution in [3.05, 3.63) is 41.4 Å². The summed E-state index contributed by atoms with van der Waals surface area (Å²) in [5.41, 5.74) is 7.01. The Morgan fingerprint density at radius 1 is 1.40 bits per heavy atom. The number of nitrogens with two attached hydrogens (primary N) is 1. The molecule has 0 atom stereocenters. The fourth-order valence-electron chi connectivity index (χ4n) is 1.82. The summed E-state index contributed by atoms with van der Waals surface area (Å²) in [4.78, 5) is 18.1. The van der Waals surface area contributed by atoms with E-state index in [1.54, 1.807) is 10.3 Å². The zero-order chi connectivity index (χ0) is 14.4. The molecule has 0 bridgehead atoms. The number of nitrogens with zero attached hydrogens (tertiary/aromatic N) is 3. The Labute approximate surface area is 121 Å². The molecule has 5 nitrogen and oxygen atoms in total. The van der Waals surface area contributed by atoms with Crippen LogP contribution in [0.5, 0.6) is 0 Å². The van der Waals surface area contributed by atoms with E-state index in [1.165, 1.54) is 11.3 Å². The van der Waals surface area contributed by atoms with Gasteiger partial charge in [-0.2, -0.15) is 5.26 Å². The normalized spacial score (nSPS) is 9.95. The number of amides is 1. The van der Waals surface area contributed by atoms with Gasteiger partial charge in [-0.1, -0.05) is 18.2 Å². The zero-order valence-electron chi connectivity index (χ0n) is 10.8. The number of rotatable bonds is 5. The molecule has 0 aliphatic rings. The summed E-state index contributed by atoms with van der Waals surface area (Å²) in [6, 6.07) is 11.4. The largest absolute Gasteiger partial charge is 0.375 e. The molecule has 1 amide bonds. The SMILES string of the molecule is N#CCCN(C(=O)Cc1csc(N)n1)c1ccccc1. The summed E-state index contributed by atoms with van der Waals surface area (Å²) in [6.45, 7) is 0.374. The van der Waals surface area contributed by atoms with Crippen molar-refractivity contribution < 1.29 is 4.79 Å². The molecule has 0 spiro atoms. The summed E-state index contributed by atoms with van der Waals surface area (Å²) in [5.74, 6) is -0.0863. The summed E-state index contributed by atoms with van der Waals surface area (Å²) >= 11 is 1.32. The number of hydrogen-bond donors (Lipinski definition) is 1. The molecule has 1 aromatic carbocycles. The van der Waals surface area contributed by atoms with Crippen LogP contribution in [-0.4, -0.2) is 17.4 Å². The van der Waals surface area contributed by atoms with Gasteiger partial charge in [0.25, 0.3) is 0 Å². The lowest BCUT2D eigenvalue weighted by atomic mass is 10.2. The van der Waals surface area contributed by atoms with Gasteiger partial charge in [-0.25, -0.2) is 4.98 Å². The lowest BCUT2D eigenvalue weighted by molar-refractivity contribution is -0.118. The Morgan fingerprint density at radius 3 is 2.75 bits per heavy atom. The number of thiazole rings is 1. The van der Waals surface area contributed by atoms with Gasteiger partial charge in [0.15, 0.2) is 5.13 Å². The monoisotopic (exact) mass is 286 g/mol. The molecule has 0 saturated heterocycles. The quantitative estimate of drug-likeness (QED) is 0.913. The summed E-state index contributed by atoms with van der Waals surface area (Å²) in [6.07, 6.45) is 0.480. The first-order chi connectivity index (χ1) is 9.70. The Kier molecular flexibility index (Phi) is 4.69. The third kappa shape index (κ3) is 3.56. The third-order valence-electron chi connectivity index (χ3n) is 2.72. The third-order valence-corrected chi connectivity index (χ3v) is 3.44. The molecular weight excluding hydrogens is 272 g/mol. The number of nitriles is 1. The van der Waals surface area contributed by atoms with Crippen LogP contribution >= 0.6 is 11.3 Å². The Hall–Kier alpha value is -2.39. The van der Waals surface area contributed by atoms with Gasteiger partial charge in [0.2, 0.25) is 5.91 Å². The molecule has 2 rings (SSSR count). The van der Waals surface area contributed by atoms with Crippen LogP contribution in [0.25, 0.3) is 0 Å². The second kappa shape index (κ2) is 6.68. The Balaban J connectivity index is 2.14. The molecule has 6 heteroatoms. The predicted molar refractivity (Wildman–Crippen MR) is 79.3 cm³/mol. The first kappa shape index (κ1) is 14.0. The van der Waals surface area contributed by atoms with E-state index in [0.717, 1.165) is 5.69 Å². The first-order valence-corrected chi connectivity index (χ1v) is 7.01. The van der Waals surface area contributed by atoms with Gasteiger partial charge in [-0.05, 0) is 12.1 Å². The van der Waals surface area contributed by atoms with Gasteiger partial charge in [-0.3, -0.25) is 4.79 Å². The van der Waals surface area contributed by atoms with Crippen molar-refractivity contribution in [2.45, 2.75) is 12.8 Å². The number of para-hydroxylation sites is 1. The molecule has 102 valence electrons. The van der Waals surface area contributed by atoms with Gasteiger partial charge < -0.3 is 10.6 Å². The number of anilines is 2. The van der Waals surface area contributed by atoms with Gasteiger partial charge in [0, 0.05) is 17.6 Å². The molecule has 0 saturated carbocycles. The molecule has 20 heavy (non-hydrogen) atoms. The summed E-state index contributed by atoms with van der Waals surface area (Å²) < 4.78 is 0. The van der Waals surface area contributed by atoms with Crippen molar-refractivity contribution in [3.8, 4) is 6.07 Å². The molecule has 0 fully saturated rings. The van der Waals surface area contributed by atoms with Crippen molar-refractivity contribution in [1.82, 2.24) is 4.98 Å². The van der Waals surface area contributed by atoms with Crippen LogP contribution in [0, 0.1) is 11.3 Å². The molecular formula is C14H14N4OS. The number of nitrogen functional groups attached to an aromatic ring is 1. The van der Waals surface area contributed by atoms with Crippen LogP contribution in [0.1, 0.15) is 12.1 Å². The molecule has 1 aromatic heterocycles. The van der Waals surface area contributed by atoms with Crippen molar-refractivity contribution in [2.75, 3.05) is 17.2 Å². The van der Waals surface area contributed by atoms with Crippen molar-refractivity contribution in [3.63, 3.8) is 0 Å². The predicted octanol–water partition coefficient (Wildman–Crippen LogP) is 2.21. The lowest BCUT2D eigenvalue weighted by Gasteiger charge is -2.21. The van der Waals surface area contributed by atoms with E-state index >= 15 is 0 Å². The van der Waals surface area contributed by atoms with Gasteiger partial charge in [0.05, 0.1) is 24.6 Å². The topological polar surface area (TPSA) is 83.0 Å². The minimum absolute atomic E-state index is 0.0863. The van der Waals surface area contributed by atoms with E-state index in [0.29, 0.717) is 23.8 Å². The van der Waals surface area contributed by atoms with E-state index in [2.05, 4.69) is 11.1 Å². The minimum atomic E-state index is -0.0863. The number of hydrogen-bond acceptors (Lipinski definition) is 5. The van der Waals surface area contributed by atoms with E-state index in [1.807, 2.05) is 30.3 Å². The fraction of sp³-hybridized carbons (Fsp3) is 0.214. The molecule has 1 heterocycles. The van der Waals surface area contributed by atoms with Crippen LogP contribution in [-0.2, 0) is 11.2 Å².